The number of likely N-dealkylation sites (tertiary alicyclic amines) is 1. The molecule has 0 spiro atoms. The van der Waals surface area contributed by atoms with Crippen molar-refractivity contribution in [3.63, 3.8) is 0 Å². The van der Waals surface area contributed by atoms with Crippen molar-refractivity contribution in [3.8, 4) is 0 Å². The molecule has 0 radical (unpaired) electrons. The first-order valence-corrected chi connectivity index (χ1v) is 12.3. The van der Waals surface area contributed by atoms with E-state index in [9.17, 15) is 9.59 Å². The van der Waals surface area contributed by atoms with Crippen molar-refractivity contribution in [1.29, 1.82) is 0 Å². The Morgan fingerprint density at radius 3 is 2.47 bits per heavy atom. The van der Waals surface area contributed by atoms with Crippen LogP contribution < -0.4 is 10.6 Å². The average molecular weight is 480 g/mol. The smallest absolute Gasteiger partial charge is 0.224 e. The van der Waals surface area contributed by atoms with Crippen LogP contribution in [0.15, 0.2) is 72.8 Å². The van der Waals surface area contributed by atoms with Crippen molar-refractivity contribution in [2.24, 2.45) is 0 Å². The number of hydrogen-bond acceptors (Lipinski definition) is 4. The number of benzene rings is 3. The molecule has 2 amide bonds. The van der Waals surface area contributed by atoms with E-state index in [1.54, 1.807) is 0 Å². The van der Waals surface area contributed by atoms with Crippen LogP contribution in [0.5, 0.6) is 0 Å². The molecule has 4 aromatic rings. The number of nitrogens with one attached hydrogen (secondary N) is 3. The van der Waals surface area contributed by atoms with Gasteiger partial charge in [-0.2, -0.15) is 5.10 Å². The number of H-pyrrole nitrogens is 1. The number of amides is 2. The van der Waals surface area contributed by atoms with Gasteiger partial charge < -0.3 is 15.5 Å². The second-order valence-corrected chi connectivity index (χ2v) is 8.96. The molecule has 1 fully saturated rings. The summed E-state index contributed by atoms with van der Waals surface area (Å²) in [6.07, 6.45) is 6.59. The second-order valence-electron chi connectivity index (χ2n) is 8.96. The highest BCUT2D eigenvalue weighted by atomic mass is 16.2. The predicted octanol–water partition coefficient (Wildman–Crippen LogP) is 5.82. The van der Waals surface area contributed by atoms with E-state index in [4.69, 9.17) is 0 Å². The minimum absolute atomic E-state index is 0.0611. The fourth-order valence-corrected chi connectivity index (χ4v) is 4.39. The van der Waals surface area contributed by atoms with E-state index in [2.05, 4.69) is 33.0 Å². The Morgan fingerprint density at radius 2 is 1.64 bits per heavy atom. The topological polar surface area (TPSA) is 90.1 Å². The molecule has 3 N–H and O–H groups in total. The van der Waals surface area contributed by atoms with Gasteiger partial charge in [0.25, 0.3) is 0 Å². The molecular weight excluding hydrogens is 450 g/mol. The molecule has 1 aliphatic heterocycles. The third-order valence-corrected chi connectivity index (χ3v) is 6.29. The van der Waals surface area contributed by atoms with E-state index in [1.807, 2.05) is 77.7 Å². The summed E-state index contributed by atoms with van der Waals surface area (Å²) in [5.74, 6) is -0.0966. The third kappa shape index (κ3) is 5.81. The Labute approximate surface area is 210 Å². The number of hydrogen-bond donors (Lipinski definition) is 3. The van der Waals surface area contributed by atoms with E-state index in [0.29, 0.717) is 5.69 Å². The SMILES string of the molecule is O=C(CCC(=O)N1CCCC1)Nc1cccc(Nc2ccc3c(/C=C/c4ccccc4)n[nH]c3c2)c1. The standard InChI is InChI=1S/C29H29N5O2/c35-28(15-16-29(36)34-17-4-5-18-34)31-23-10-6-9-22(19-23)30-24-12-13-25-26(32-33-27(25)20-24)14-11-21-7-2-1-3-8-21/h1-3,6-14,19-20,30H,4-5,15-18H2,(H,31,35)(H,32,33)/b14-11+. The second kappa shape index (κ2) is 10.9. The lowest BCUT2D eigenvalue weighted by atomic mass is 10.1. The zero-order valence-electron chi connectivity index (χ0n) is 20.0. The molecule has 1 saturated heterocycles. The quantitative estimate of drug-likeness (QED) is 0.297. The molecule has 36 heavy (non-hydrogen) atoms. The van der Waals surface area contributed by atoms with Crippen LogP contribution in [0.25, 0.3) is 23.1 Å². The molecule has 1 aliphatic rings. The molecule has 1 aromatic heterocycles. The largest absolute Gasteiger partial charge is 0.355 e. The number of aromatic nitrogens is 2. The lowest BCUT2D eigenvalue weighted by Gasteiger charge is -2.15. The molecule has 0 saturated carbocycles. The lowest BCUT2D eigenvalue weighted by Crippen LogP contribution is -2.28. The molecule has 0 bridgehead atoms. The highest BCUT2D eigenvalue weighted by Gasteiger charge is 2.18. The number of anilines is 3. The van der Waals surface area contributed by atoms with E-state index in [0.717, 1.165) is 59.5 Å². The zero-order chi connectivity index (χ0) is 24.7. The zero-order valence-corrected chi connectivity index (χ0v) is 20.0. The van der Waals surface area contributed by atoms with Gasteiger partial charge in [-0.3, -0.25) is 14.7 Å². The van der Waals surface area contributed by atoms with Crippen molar-refractivity contribution in [1.82, 2.24) is 15.1 Å². The van der Waals surface area contributed by atoms with Gasteiger partial charge in [0.2, 0.25) is 11.8 Å². The Bertz CT molecular complexity index is 1390. The van der Waals surface area contributed by atoms with Crippen molar-refractivity contribution >= 4 is 51.9 Å². The maximum atomic E-state index is 12.4. The van der Waals surface area contributed by atoms with Crippen molar-refractivity contribution in [2.75, 3.05) is 23.7 Å². The maximum Gasteiger partial charge on any atom is 0.224 e. The first kappa shape index (κ1) is 23.4. The summed E-state index contributed by atoms with van der Waals surface area (Å²) in [6.45, 7) is 1.62. The van der Waals surface area contributed by atoms with Gasteiger partial charge in [-0.25, -0.2) is 0 Å². The van der Waals surface area contributed by atoms with E-state index in [-0.39, 0.29) is 24.7 Å². The molecule has 0 aliphatic carbocycles. The molecule has 5 rings (SSSR count). The molecule has 3 aromatic carbocycles. The van der Waals surface area contributed by atoms with E-state index in [1.165, 1.54) is 0 Å². The molecule has 182 valence electrons. The minimum Gasteiger partial charge on any atom is -0.355 e. The molecule has 0 unspecified atom stereocenters. The Morgan fingerprint density at radius 1 is 0.861 bits per heavy atom. The number of aromatic amines is 1. The van der Waals surface area contributed by atoms with Crippen LogP contribution in [0.4, 0.5) is 17.1 Å². The first-order chi connectivity index (χ1) is 17.6. The molecule has 7 heteroatoms. The number of rotatable bonds is 8. The summed E-state index contributed by atoms with van der Waals surface area (Å²) in [5.41, 5.74) is 5.38. The van der Waals surface area contributed by atoms with Gasteiger partial charge in [0, 0.05) is 48.4 Å². The summed E-state index contributed by atoms with van der Waals surface area (Å²) in [5, 5.41) is 14.9. The van der Waals surface area contributed by atoms with Gasteiger partial charge in [0.05, 0.1) is 11.2 Å². The van der Waals surface area contributed by atoms with Crippen LogP contribution in [0, 0.1) is 0 Å². The monoisotopic (exact) mass is 479 g/mol. The van der Waals surface area contributed by atoms with Crippen LogP contribution in [0.3, 0.4) is 0 Å². The Kier molecular flexibility index (Phi) is 7.07. The van der Waals surface area contributed by atoms with Crippen LogP contribution in [-0.2, 0) is 9.59 Å². The normalized spacial score (nSPS) is 13.4. The fraction of sp³-hybridized carbons (Fsp3) is 0.207. The predicted molar refractivity (Wildman–Crippen MR) is 145 cm³/mol. The summed E-state index contributed by atoms with van der Waals surface area (Å²) in [4.78, 5) is 26.4. The number of nitrogens with zero attached hydrogens (tertiary/aromatic N) is 2. The van der Waals surface area contributed by atoms with E-state index < -0.39 is 0 Å². The van der Waals surface area contributed by atoms with Gasteiger partial charge in [-0.15, -0.1) is 0 Å². The number of carbonyl (C=O) groups excluding carboxylic acids is 2. The van der Waals surface area contributed by atoms with Crippen LogP contribution in [-0.4, -0.2) is 40.0 Å². The van der Waals surface area contributed by atoms with Crippen LogP contribution in [0.1, 0.15) is 36.9 Å². The molecule has 7 nitrogen and oxygen atoms in total. The molecule has 2 heterocycles. The fourth-order valence-electron chi connectivity index (χ4n) is 4.39. The number of fused-ring (bicyclic) bond motifs is 1. The van der Waals surface area contributed by atoms with Crippen molar-refractivity contribution in [3.05, 3.63) is 84.1 Å². The van der Waals surface area contributed by atoms with Gasteiger partial charge in [0.15, 0.2) is 0 Å². The number of carbonyl (C=O) groups is 2. The van der Waals surface area contributed by atoms with Crippen LogP contribution in [0.2, 0.25) is 0 Å². The maximum absolute atomic E-state index is 12.4. The van der Waals surface area contributed by atoms with Gasteiger partial charge in [0.1, 0.15) is 0 Å². The van der Waals surface area contributed by atoms with Gasteiger partial charge in [-0.1, -0.05) is 42.5 Å². The summed E-state index contributed by atoms with van der Waals surface area (Å²) in [6, 6.07) is 23.7. The summed E-state index contributed by atoms with van der Waals surface area (Å²) < 4.78 is 0. The molecule has 0 atom stereocenters. The Balaban J connectivity index is 1.20. The highest BCUT2D eigenvalue weighted by molar-refractivity contribution is 5.94. The minimum atomic E-state index is -0.158. The lowest BCUT2D eigenvalue weighted by molar-refractivity contribution is -0.131. The van der Waals surface area contributed by atoms with Crippen molar-refractivity contribution < 1.29 is 9.59 Å². The summed E-state index contributed by atoms with van der Waals surface area (Å²) >= 11 is 0. The average Bonchev–Trinajstić information content (AvgIpc) is 3.57. The van der Waals surface area contributed by atoms with E-state index >= 15 is 0 Å². The third-order valence-electron chi connectivity index (χ3n) is 6.29. The van der Waals surface area contributed by atoms with Gasteiger partial charge >= 0.3 is 0 Å². The Hall–Kier alpha value is -4.39. The van der Waals surface area contributed by atoms with Gasteiger partial charge in [-0.05, 0) is 60.9 Å². The van der Waals surface area contributed by atoms with Crippen molar-refractivity contribution in [2.45, 2.75) is 25.7 Å². The van der Waals surface area contributed by atoms with Crippen LogP contribution >= 0.6 is 0 Å². The highest BCUT2D eigenvalue weighted by Crippen LogP contribution is 2.25. The first-order valence-electron chi connectivity index (χ1n) is 12.3. The summed E-state index contributed by atoms with van der Waals surface area (Å²) in [7, 11) is 0. The molecular formula is C29H29N5O2.